The van der Waals surface area contributed by atoms with Crippen LogP contribution in [0.5, 0.6) is 0 Å². The normalized spacial score (nSPS) is 20.4. The van der Waals surface area contributed by atoms with E-state index in [2.05, 4.69) is 36.1 Å². The molecule has 6 nitrogen and oxygen atoms in total. The van der Waals surface area contributed by atoms with Gasteiger partial charge in [-0.2, -0.15) is 5.10 Å². The van der Waals surface area contributed by atoms with Crippen molar-refractivity contribution in [3.8, 4) is 0 Å². The zero-order valence-electron chi connectivity index (χ0n) is 18.0. The van der Waals surface area contributed by atoms with Gasteiger partial charge >= 0.3 is 0 Å². The van der Waals surface area contributed by atoms with Crippen molar-refractivity contribution in [3.63, 3.8) is 0 Å². The molecular formula is C23H34N4O2. The van der Waals surface area contributed by atoms with Crippen LogP contribution in [0.15, 0.2) is 35.4 Å². The van der Waals surface area contributed by atoms with E-state index in [9.17, 15) is 9.59 Å². The Labute approximate surface area is 174 Å². The lowest BCUT2D eigenvalue weighted by Gasteiger charge is -2.43. The van der Waals surface area contributed by atoms with Crippen LogP contribution in [0.25, 0.3) is 0 Å². The molecule has 1 N–H and O–H groups in total. The minimum Gasteiger partial charge on any atom is -0.354 e. The average molecular weight is 399 g/mol. The molecule has 2 aliphatic rings. The molecule has 158 valence electrons. The molecule has 2 aliphatic heterocycles. The fraction of sp³-hybridized carbons (Fsp3) is 0.609. The molecule has 0 spiro atoms. The van der Waals surface area contributed by atoms with Gasteiger partial charge in [-0.05, 0) is 44.7 Å². The summed E-state index contributed by atoms with van der Waals surface area (Å²) in [7, 11) is 0. The van der Waals surface area contributed by atoms with Crippen LogP contribution in [0.1, 0.15) is 58.4 Å². The van der Waals surface area contributed by atoms with E-state index in [4.69, 9.17) is 0 Å². The number of hydrazone groups is 1. The third-order valence-corrected chi connectivity index (χ3v) is 5.99. The quantitative estimate of drug-likeness (QED) is 0.768. The lowest BCUT2D eigenvalue weighted by Crippen LogP contribution is -2.54. The van der Waals surface area contributed by atoms with Gasteiger partial charge in [-0.1, -0.05) is 37.3 Å². The molecule has 1 atom stereocenters. The van der Waals surface area contributed by atoms with Gasteiger partial charge in [-0.25, -0.2) is 5.01 Å². The number of likely N-dealkylation sites (tertiary alicyclic amines) is 1. The topological polar surface area (TPSA) is 65.0 Å². The molecule has 0 aliphatic carbocycles. The Morgan fingerprint density at radius 1 is 1.17 bits per heavy atom. The summed E-state index contributed by atoms with van der Waals surface area (Å²) in [5.74, 6) is 0.552. The molecule has 29 heavy (non-hydrogen) atoms. The largest absolute Gasteiger partial charge is 0.354 e. The number of nitrogens with zero attached hydrogens (tertiary/aromatic N) is 3. The molecule has 1 unspecified atom stereocenters. The Hall–Kier alpha value is -2.21. The van der Waals surface area contributed by atoms with Crippen molar-refractivity contribution in [1.82, 2.24) is 15.2 Å². The highest BCUT2D eigenvalue weighted by Crippen LogP contribution is 2.23. The summed E-state index contributed by atoms with van der Waals surface area (Å²) in [5, 5.41) is 8.99. The molecule has 3 rings (SSSR count). The van der Waals surface area contributed by atoms with Crippen LogP contribution in [-0.4, -0.2) is 59.2 Å². The second-order valence-corrected chi connectivity index (χ2v) is 8.96. The second-order valence-electron chi connectivity index (χ2n) is 8.96. The van der Waals surface area contributed by atoms with Crippen molar-refractivity contribution in [2.45, 2.75) is 58.4 Å². The van der Waals surface area contributed by atoms with Crippen LogP contribution in [0.3, 0.4) is 0 Å². The average Bonchev–Trinajstić information content (AvgIpc) is 3.22. The fourth-order valence-electron chi connectivity index (χ4n) is 4.07. The maximum absolute atomic E-state index is 12.4. The number of hydrogen-bond donors (Lipinski definition) is 1. The summed E-state index contributed by atoms with van der Waals surface area (Å²) in [5.41, 5.74) is 1.91. The molecular weight excluding hydrogens is 364 g/mol. The molecule has 1 aromatic rings. The van der Waals surface area contributed by atoms with Crippen LogP contribution >= 0.6 is 0 Å². The summed E-state index contributed by atoms with van der Waals surface area (Å²) in [6, 6.07) is 9.92. The predicted molar refractivity (Wildman–Crippen MR) is 116 cm³/mol. The molecule has 1 saturated heterocycles. The number of hydrogen-bond acceptors (Lipinski definition) is 4. The fourth-order valence-corrected chi connectivity index (χ4v) is 4.07. The minimum absolute atomic E-state index is 0.0667. The number of piperidine rings is 1. The summed E-state index contributed by atoms with van der Waals surface area (Å²) < 4.78 is 0. The molecule has 6 heteroatoms. The molecule has 1 fully saturated rings. The van der Waals surface area contributed by atoms with Crippen LogP contribution < -0.4 is 5.32 Å². The number of carbonyl (C=O) groups is 2. The van der Waals surface area contributed by atoms with Gasteiger partial charge in [0, 0.05) is 37.9 Å². The highest BCUT2D eigenvalue weighted by Gasteiger charge is 2.30. The zero-order valence-corrected chi connectivity index (χ0v) is 18.0. The summed E-state index contributed by atoms with van der Waals surface area (Å²) in [6.07, 6.45) is 3.65. The van der Waals surface area contributed by atoms with E-state index in [0.717, 1.165) is 30.8 Å². The van der Waals surface area contributed by atoms with Crippen LogP contribution in [0, 0.1) is 5.92 Å². The number of rotatable bonds is 7. The van der Waals surface area contributed by atoms with Gasteiger partial charge < -0.3 is 5.32 Å². The molecule has 0 radical (unpaired) electrons. The molecule has 0 saturated carbocycles. The Kier molecular flexibility index (Phi) is 7.06. The first-order valence-corrected chi connectivity index (χ1v) is 10.8. The first-order valence-electron chi connectivity index (χ1n) is 10.8. The SMILES string of the molecule is CC1CCCN(C(C)(C)CNC(=O)CCC(=O)N2CCC(c3ccccc3)=N2)C1. The number of nitrogens with one attached hydrogen (secondary N) is 1. The second kappa shape index (κ2) is 9.53. The maximum Gasteiger partial charge on any atom is 0.243 e. The molecule has 2 heterocycles. The van der Waals surface area contributed by atoms with E-state index in [1.165, 1.54) is 17.9 Å². The molecule has 0 aromatic heterocycles. The van der Waals surface area contributed by atoms with Gasteiger partial charge in [0.15, 0.2) is 0 Å². The van der Waals surface area contributed by atoms with E-state index in [0.29, 0.717) is 19.0 Å². The molecule has 0 bridgehead atoms. The summed E-state index contributed by atoms with van der Waals surface area (Å²) in [4.78, 5) is 27.2. The van der Waals surface area contributed by atoms with E-state index < -0.39 is 0 Å². The van der Waals surface area contributed by atoms with Gasteiger partial charge in [0.05, 0.1) is 12.3 Å². The van der Waals surface area contributed by atoms with E-state index in [1.807, 2.05) is 30.3 Å². The minimum atomic E-state index is -0.0878. The lowest BCUT2D eigenvalue weighted by molar-refractivity contribution is -0.133. The van der Waals surface area contributed by atoms with Gasteiger partial charge in [0.25, 0.3) is 0 Å². The standard InChI is InChI=1S/C23H34N4O2/c1-18-8-7-14-26(16-18)23(2,3)17-24-21(28)11-12-22(29)27-15-13-20(25-27)19-9-5-4-6-10-19/h4-6,9-10,18H,7-8,11-17H2,1-3H3,(H,24,28). The highest BCUT2D eigenvalue weighted by molar-refractivity contribution is 6.02. The van der Waals surface area contributed by atoms with Crippen LogP contribution in [0.2, 0.25) is 0 Å². The Bertz CT molecular complexity index is 745. The van der Waals surface area contributed by atoms with E-state index in [-0.39, 0.29) is 30.2 Å². The van der Waals surface area contributed by atoms with Gasteiger partial charge in [-0.3, -0.25) is 14.5 Å². The van der Waals surface area contributed by atoms with Gasteiger partial charge in [-0.15, -0.1) is 0 Å². The third kappa shape index (κ3) is 5.89. The smallest absolute Gasteiger partial charge is 0.243 e. The zero-order chi connectivity index (χ0) is 20.9. The lowest BCUT2D eigenvalue weighted by atomic mass is 9.93. The van der Waals surface area contributed by atoms with Crippen molar-refractivity contribution < 1.29 is 9.59 Å². The predicted octanol–water partition coefficient (Wildman–Crippen LogP) is 3.03. The van der Waals surface area contributed by atoms with Crippen molar-refractivity contribution in [3.05, 3.63) is 35.9 Å². The first-order chi connectivity index (χ1) is 13.8. The third-order valence-electron chi connectivity index (χ3n) is 5.99. The maximum atomic E-state index is 12.4. The van der Waals surface area contributed by atoms with Crippen LogP contribution in [0.4, 0.5) is 0 Å². The van der Waals surface area contributed by atoms with Crippen molar-refractivity contribution >= 4 is 17.5 Å². The van der Waals surface area contributed by atoms with Gasteiger partial charge in [0.2, 0.25) is 11.8 Å². The van der Waals surface area contributed by atoms with Crippen molar-refractivity contribution in [2.24, 2.45) is 11.0 Å². The van der Waals surface area contributed by atoms with E-state index in [1.54, 1.807) is 0 Å². The number of carbonyl (C=O) groups excluding carboxylic acids is 2. The number of benzene rings is 1. The number of amides is 2. The van der Waals surface area contributed by atoms with Gasteiger partial charge in [0.1, 0.15) is 0 Å². The Morgan fingerprint density at radius 2 is 1.93 bits per heavy atom. The Morgan fingerprint density at radius 3 is 2.66 bits per heavy atom. The van der Waals surface area contributed by atoms with Crippen molar-refractivity contribution in [1.29, 1.82) is 0 Å². The molecule has 2 amide bonds. The van der Waals surface area contributed by atoms with E-state index >= 15 is 0 Å². The summed E-state index contributed by atoms with van der Waals surface area (Å²) in [6.45, 7) is 10.0. The van der Waals surface area contributed by atoms with Crippen LogP contribution in [-0.2, 0) is 9.59 Å². The monoisotopic (exact) mass is 398 g/mol. The molecule has 1 aromatic carbocycles. The highest BCUT2D eigenvalue weighted by atomic mass is 16.2. The summed E-state index contributed by atoms with van der Waals surface area (Å²) >= 11 is 0. The Balaban J connectivity index is 1.42. The first kappa shape index (κ1) is 21.5. The van der Waals surface area contributed by atoms with Crippen molar-refractivity contribution in [2.75, 3.05) is 26.2 Å².